The highest BCUT2D eigenvalue weighted by Gasteiger charge is 2.07. The number of carbonyl (C=O) groups is 1. The first-order valence-corrected chi connectivity index (χ1v) is 6.03. The van der Waals surface area contributed by atoms with Crippen LogP contribution in [0.5, 0.6) is 12.0 Å². The van der Waals surface area contributed by atoms with Gasteiger partial charge in [-0.2, -0.15) is 9.97 Å². The third-order valence-electron chi connectivity index (χ3n) is 2.37. The second-order valence-electron chi connectivity index (χ2n) is 3.79. The fourth-order valence-corrected chi connectivity index (χ4v) is 1.41. The van der Waals surface area contributed by atoms with Gasteiger partial charge in [0.1, 0.15) is 5.76 Å². The van der Waals surface area contributed by atoms with Gasteiger partial charge in [0, 0.05) is 6.08 Å². The summed E-state index contributed by atoms with van der Waals surface area (Å²) in [5, 5.41) is 2.63. The summed E-state index contributed by atoms with van der Waals surface area (Å²) in [5.41, 5.74) is 0. The summed E-state index contributed by atoms with van der Waals surface area (Å²) in [6.07, 6.45) is 4.44. The van der Waals surface area contributed by atoms with Crippen LogP contribution in [0.1, 0.15) is 11.6 Å². The molecule has 0 radical (unpaired) electrons. The van der Waals surface area contributed by atoms with Crippen LogP contribution in [0.2, 0.25) is 0 Å². The van der Waals surface area contributed by atoms with Crippen molar-refractivity contribution in [1.82, 2.24) is 20.3 Å². The van der Waals surface area contributed by atoms with E-state index in [0.717, 1.165) is 0 Å². The second kappa shape index (κ2) is 7.04. The van der Waals surface area contributed by atoms with Crippen molar-refractivity contribution < 1.29 is 18.7 Å². The average Bonchev–Trinajstić information content (AvgIpc) is 3.03. The Hall–Kier alpha value is -2.90. The zero-order valence-corrected chi connectivity index (χ0v) is 11.6. The van der Waals surface area contributed by atoms with Gasteiger partial charge in [0.2, 0.25) is 5.91 Å². The molecule has 8 heteroatoms. The molecule has 8 nitrogen and oxygen atoms in total. The lowest BCUT2D eigenvalue weighted by Crippen LogP contribution is -2.22. The molecule has 1 amide bonds. The molecule has 0 atom stereocenters. The molecule has 2 aromatic rings. The number of nitrogens with zero attached hydrogens (tertiary/aromatic N) is 3. The molecule has 110 valence electrons. The number of furan rings is 1. The zero-order chi connectivity index (χ0) is 15.1. The number of ether oxygens (including phenoxy) is 2. The first-order valence-electron chi connectivity index (χ1n) is 6.03. The van der Waals surface area contributed by atoms with Gasteiger partial charge in [0.05, 0.1) is 27.0 Å². The van der Waals surface area contributed by atoms with Crippen LogP contribution in [0.25, 0.3) is 6.08 Å². The number of methoxy groups -OCH3 is 2. The van der Waals surface area contributed by atoms with E-state index in [1.165, 1.54) is 26.6 Å². The molecule has 0 aliphatic heterocycles. The third-order valence-corrected chi connectivity index (χ3v) is 2.37. The molecule has 0 saturated heterocycles. The molecule has 2 heterocycles. The van der Waals surface area contributed by atoms with Gasteiger partial charge in [0.25, 0.3) is 0 Å². The normalized spacial score (nSPS) is 10.6. The first-order chi connectivity index (χ1) is 10.2. The van der Waals surface area contributed by atoms with Crippen molar-refractivity contribution in [1.29, 1.82) is 0 Å². The van der Waals surface area contributed by atoms with Crippen molar-refractivity contribution in [2.24, 2.45) is 0 Å². The summed E-state index contributed by atoms with van der Waals surface area (Å²) in [7, 11) is 2.87. The Morgan fingerprint density at radius 1 is 1.29 bits per heavy atom. The lowest BCUT2D eigenvalue weighted by Gasteiger charge is -2.05. The minimum atomic E-state index is -0.301. The summed E-state index contributed by atoms with van der Waals surface area (Å²) in [6.45, 7) is 0.122. The van der Waals surface area contributed by atoms with Crippen LogP contribution in [0.3, 0.4) is 0 Å². The Kier molecular flexibility index (Phi) is 4.86. The maximum absolute atomic E-state index is 11.6. The zero-order valence-electron chi connectivity index (χ0n) is 11.6. The fraction of sp³-hybridized carbons (Fsp3) is 0.231. The summed E-state index contributed by atoms with van der Waals surface area (Å²) in [6, 6.07) is 3.72. The van der Waals surface area contributed by atoms with Crippen LogP contribution in [-0.4, -0.2) is 35.1 Å². The van der Waals surface area contributed by atoms with E-state index < -0.39 is 0 Å². The Bertz CT molecular complexity index is 603. The average molecular weight is 290 g/mol. The van der Waals surface area contributed by atoms with Crippen molar-refractivity contribution >= 4 is 12.0 Å². The minimum absolute atomic E-state index is 0.122. The van der Waals surface area contributed by atoms with Gasteiger partial charge in [-0.25, -0.2) is 0 Å². The van der Waals surface area contributed by atoms with Gasteiger partial charge in [-0.3, -0.25) is 4.79 Å². The summed E-state index contributed by atoms with van der Waals surface area (Å²) in [5.74, 6) is 0.622. The molecule has 0 aromatic carbocycles. The molecular formula is C13H14N4O4. The minimum Gasteiger partial charge on any atom is -0.467 e. The van der Waals surface area contributed by atoms with Crippen LogP contribution in [0.15, 0.2) is 28.9 Å². The third kappa shape index (κ3) is 4.30. The number of hydrogen-bond donors (Lipinski definition) is 1. The van der Waals surface area contributed by atoms with Crippen LogP contribution >= 0.6 is 0 Å². The molecule has 0 aliphatic rings. The van der Waals surface area contributed by atoms with E-state index in [-0.39, 0.29) is 24.5 Å². The molecule has 0 bridgehead atoms. The van der Waals surface area contributed by atoms with Crippen molar-refractivity contribution in [2.75, 3.05) is 14.2 Å². The fourth-order valence-electron chi connectivity index (χ4n) is 1.41. The smallest absolute Gasteiger partial charge is 0.322 e. The van der Waals surface area contributed by atoms with Gasteiger partial charge in [0.15, 0.2) is 5.82 Å². The number of amides is 1. The van der Waals surface area contributed by atoms with E-state index in [4.69, 9.17) is 13.9 Å². The maximum atomic E-state index is 11.6. The lowest BCUT2D eigenvalue weighted by atomic mass is 10.4. The predicted octanol–water partition coefficient (Wildman–Crippen LogP) is 0.811. The first kappa shape index (κ1) is 14.5. The lowest BCUT2D eigenvalue weighted by molar-refractivity contribution is -0.116. The Labute approximate surface area is 120 Å². The Morgan fingerprint density at radius 3 is 2.57 bits per heavy atom. The Balaban J connectivity index is 1.94. The van der Waals surface area contributed by atoms with E-state index in [1.54, 1.807) is 18.2 Å². The summed E-state index contributed by atoms with van der Waals surface area (Å²) < 4.78 is 14.9. The SMILES string of the molecule is COc1nc(CNC(=O)C=Cc2ccco2)nc(OC)n1. The number of nitrogens with one attached hydrogen (secondary N) is 1. The highest BCUT2D eigenvalue weighted by molar-refractivity contribution is 5.91. The number of rotatable bonds is 6. The van der Waals surface area contributed by atoms with E-state index in [9.17, 15) is 4.79 Å². The van der Waals surface area contributed by atoms with E-state index in [2.05, 4.69) is 20.3 Å². The van der Waals surface area contributed by atoms with Crippen LogP contribution in [0.4, 0.5) is 0 Å². The maximum Gasteiger partial charge on any atom is 0.322 e. The van der Waals surface area contributed by atoms with Crippen LogP contribution < -0.4 is 14.8 Å². The highest BCUT2D eigenvalue weighted by Crippen LogP contribution is 2.08. The van der Waals surface area contributed by atoms with Gasteiger partial charge in [-0.1, -0.05) is 0 Å². The molecule has 0 unspecified atom stereocenters. The monoisotopic (exact) mass is 290 g/mol. The van der Waals surface area contributed by atoms with Crippen LogP contribution in [0, 0.1) is 0 Å². The summed E-state index contributed by atoms with van der Waals surface area (Å²) in [4.78, 5) is 23.5. The standard InChI is InChI=1S/C13H14N4O4/c1-19-12-15-10(16-13(17-12)20-2)8-14-11(18)6-5-9-4-3-7-21-9/h3-7H,8H2,1-2H3,(H,14,18). The predicted molar refractivity (Wildman–Crippen MR) is 72.5 cm³/mol. The quantitative estimate of drug-likeness (QED) is 0.786. The molecule has 0 fully saturated rings. The molecule has 21 heavy (non-hydrogen) atoms. The molecular weight excluding hydrogens is 276 g/mol. The molecule has 0 saturated carbocycles. The molecule has 2 rings (SSSR count). The second-order valence-corrected chi connectivity index (χ2v) is 3.79. The van der Waals surface area contributed by atoms with Gasteiger partial charge in [-0.15, -0.1) is 4.98 Å². The van der Waals surface area contributed by atoms with Gasteiger partial charge < -0.3 is 19.2 Å². The molecule has 2 aromatic heterocycles. The van der Waals surface area contributed by atoms with Crippen molar-refractivity contribution in [2.45, 2.75) is 6.54 Å². The summed E-state index contributed by atoms with van der Waals surface area (Å²) >= 11 is 0. The van der Waals surface area contributed by atoms with Crippen molar-refractivity contribution in [3.05, 3.63) is 36.1 Å². The largest absolute Gasteiger partial charge is 0.467 e. The van der Waals surface area contributed by atoms with Crippen molar-refractivity contribution in [3.63, 3.8) is 0 Å². The number of aromatic nitrogens is 3. The molecule has 0 aliphatic carbocycles. The topological polar surface area (TPSA) is 99.4 Å². The van der Waals surface area contributed by atoms with Gasteiger partial charge in [-0.05, 0) is 18.2 Å². The molecule has 0 spiro atoms. The van der Waals surface area contributed by atoms with E-state index in [0.29, 0.717) is 11.6 Å². The van der Waals surface area contributed by atoms with Gasteiger partial charge >= 0.3 is 12.0 Å². The van der Waals surface area contributed by atoms with E-state index in [1.807, 2.05) is 0 Å². The molecule has 1 N–H and O–H groups in total. The Morgan fingerprint density at radius 2 is 2.00 bits per heavy atom. The van der Waals surface area contributed by atoms with E-state index >= 15 is 0 Å². The number of carbonyl (C=O) groups excluding carboxylic acids is 1. The van der Waals surface area contributed by atoms with Crippen LogP contribution in [-0.2, 0) is 11.3 Å². The number of hydrogen-bond acceptors (Lipinski definition) is 7. The van der Waals surface area contributed by atoms with Crippen molar-refractivity contribution in [3.8, 4) is 12.0 Å². The highest BCUT2D eigenvalue weighted by atomic mass is 16.5.